The highest BCUT2D eigenvalue weighted by Crippen LogP contribution is 2.53. The van der Waals surface area contributed by atoms with Crippen molar-refractivity contribution in [2.75, 3.05) is 31.2 Å². The van der Waals surface area contributed by atoms with Crippen molar-refractivity contribution in [2.24, 2.45) is 11.8 Å². The van der Waals surface area contributed by atoms with Crippen LogP contribution in [-0.2, 0) is 28.7 Å². The average molecular weight is 620 g/mol. The third kappa shape index (κ3) is 5.31. The van der Waals surface area contributed by atoms with Gasteiger partial charge in [-0.1, -0.05) is 78.4 Å². The number of benzene rings is 2. The predicted molar refractivity (Wildman–Crippen MR) is 161 cm³/mol. The summed E-state index contributed by atoms with van der Waals surface area (Å²) in [4.78, 5) is 58.4. The highest BCUT2D eigenvalue weighted by molar-refractivity contribution is 6.34. The lowest BCUT2D eigenvalue weighted by Crippen LogP contribution is -2.55. The van der Waals surface area contributed by atoms with Gasteiger partial charge in [-0.05, 0) is 30.5 Å². The number of likely N-dealkylation sites (tertiary alicyclic amines) is 1. The zero-order valence-corrected chi connectivity index (χ0v) is 24.8. The van der Waals surface area contributed by atoms with Gasteiger partial charge in [-0.15, -0.1) is 0 Å². The quantitative estimate of drug-likeness (QED) is 0.389. The minimum absolute atomic E-state index is 0.0727. The Hall–Kier alpha value is -3.99. The predicted octanol–water partition coefficient (Wildman–Crippen LogP) is 2.96. The molecule has 2 saturated heterocycles. The third-order valence-corrected chi connectivity index (χ3v) is 9.09. The maximum Gasteiger partial charge on any atom is 0.306 e. The molecule has 1 spiro atoms. The number of carbonyl (C=O) groups excluding carboxylic acids is 4. The number of amides is 3. The Morgan fingerprint density at radius 3 is 2.55 bits per heavy atom. The molecular weight excluding hydrogens is 586 g/mol. The highest BCUT2D eigenvalue weighted by atomic mass is 35.5. The number of halogens is 1. The minimum atomic E-state index is -1.45. The zero-order chi connectivity index (χ0) is 30.8. The first-order chi connectivity index (χ1) is 21.4. The van der Waals surface area contributed by atoms with Crippen molar-refractivity contribution in [1.82, 2.24) is 10.2 Å². The topological polar surface area (TPSA) is 125 Å². The van der Waals surface area contributed by atoms with Crippen molar-refractivity contribution < 1.29 is 33.8 Å². The van der Waals surface area contributed by atoms with E-state index in [1.54, 1.807) is 48.6 Å². The van der Waals surface area contributed by atoms with Crippen LogP contribution in [0.4, 0.5) is 5.69 Å². The molecule has 4 heterocycles. The summed E-state index contributed by atoms with van der Waals surface area (Å²) >= 11 is 6.51. The van der Waals surface area contributed by atoms with Gasteiger partial charge in [0.25, 0.3) is 5.91 Å². The Bertz CT molecular complexity index is 1500. The van der Waals surface area contributed by atoms with Gasteiger partial charge < -0.3 is 29.7 Å². The first-order valence-electron chi connectivity index (χ1n) is 14.9. The molecule has 2 fully saturated rings. The Labute approximate surface area is 260 Å². The van der Waals surface area contributed by atoms with Gasteiger partial charge in [-0.3, -0.25) is 19.2 Å². The van der Waals surface area contributed by atoms with Crippen LogP contribution in [-0.4, -0.2) is 77.7 Å². The molecule has 0 bridgehead atoms. The molecule has 11 heteroatoms. The van der Waals surface area contributed by atoms with Crippen molar-refractivity contribution in [3.8, 4) is 0 Å². The van der Waals surface area contributed by atoms with Crippen LogP contribution in [0.15, 0.2) is 78.9 Å². The SMILES string of the molecule is O=C1CC/C=C\[C@H]2O[C@]34C=CCN(c5ccccc5Cl)C(=O)[C@H]3N(CCCO)C(=O)[C@@H]4[C@H]2C(=O)N[C@H](c2ccccc2)CO1. The lowest BCUT2D eigenvalue weighted by Gasteiger charge is -2.35. The van der Waals surface area contributed by atoms with Crippen molar-refractivity contribution in [3.05, 3.63) is 89.5 Å². The number of nitrogens with zero attached hydrogens (tertiary/aromatic N) is 2. The molecule has 2 aromatic rings. The van der Waals surface area contributed by atoms with E-state index in [1.165, 1.54) is 9.80 Å². The number of ether oxygens (including phenoxy) is 2. The Kier molecular flexibility index (Phi) is 8.57. The number of nitrogens with one attached hydrogen (secondary N) is 1. The largest absolute Gasteiger partial charge is 0.463 e. The molecule has 44 heavy (non-hydrogen) atoms. The first-order valence-corrected chi connectivity index (χ1v) is 15.2. The van der Waals surface area contributed by atoms with Crippen molar-refractivity contribution in [2.45, 2.75) is 43.1 Å². The van der Waals surface area contributed by atoms with Crippen LogP contribution in [0, 0.1) is 11.8 Å². The van der Waals surface area contributed by atoms with Gasteiger partial charge in [0.15, 0.2) is 0 Å². The number of aliphatic hydroxyl groups is 1. The summed E-state index contributed by atoms with van der Waals surface area (Å²) in [5.41, 5.74) is -0.214. The number of hydrogen-bond acceptors (Lipinski definition) is 7. The number of hydrogen-bond donors (Lipinski definition) is 2. The van der Waals surface area contributed by atoms with E-state index in [0.29, 0.717) is 17.1 Å². The molecule has 2 N–H and O–H groups in total. The maximum atomic E-state index is 14.5. The second-order valence-electron chi connectivity index (χ2n) is 11.4. The van der Waals surface area contributed by atoms with E-state index in [9.17, 15) is 24.3 Å². The van der Waals surface area contributed by atoms with Crippen molar-refractivity contribution in [1.29, 1.82) is 0 Å². The molecule has 0 saturated carbocycles. The fourth-order valence-electron chi connectivity index (χ4n) is 6.81. The van der Waals surface area contributed by atoms with Crippen molar-refractivity contribution in [3.63, 3.8) is 0 Å². The third-order valence-electron chi connectivity index (χ3n) is 8.77. The Morgan fingerprint density at radius 1 is 1.00 bits per heavy atom. The normalized spacial score (nSPS) is 31.2. The van der Waals surface area contributed by atoms with Gasteiger partial charge in [-0.2, -0.15) is 0 Å². The molecule has 0 aromatic heterocycles. The fraction of sp³-hybridized carbons (Fsp3) is 0.394. The second-order valence-corrected chi connectivity index (χ2v) is 11.8. The number of fused-ring (bicyclic) bond motifs is 2. The molecule has 0 unspecified atom stereocenters. The summed E-state index contributed by atoms with van der Waals surface area (Å²) in [5.74, 6) is -3.62. The molecule has 6 atom stereocenters. The summed E-state index contributed by atoms with van der Waals surface area (Å²) in [6.45, 7) is 0.0393. The van der Waals surface area contributed by atoms with Crippen LogP contribution in [0.1, 0.15) is 30.9 Å². The van der Waals surface area contributed by atoms with Gasteiger partial charge in [-0.25, -0.2) is 0 Å². The summed E-state index contributed by atoms with van der Waals surface area (Å²) in [6.07, 6.45) is 6.89. The standard InChI is InChI=1S/C33H34ClN3O7/c34-22-12-4-5-13-24(22)36-17-8-16-33-28(31(41)37(18-9-19-38)29(33)32(36)42)27-25(44-33)14-6-7-15-26(39)43-20-23(35-30(27)40)21-10-2-1-3-11-21/h1-6,8,10-14,16,23,25,27-29,38H,7,9,15,17-20H2,(H,35,40)/b14-6-/t23-,25+,27-,28-,29+,33-/m0/s1. The van der Waals surface area contributed by atoms with Crippen LogP contribution in [0.25, 0.3) is 0 Å². The number of carbonyl (C=O) groups is 4. The average Bonchev–Trinajstić information content (AvgIpc) is 3.41. The maximum absolute atomic E-state index is 14.5. The van der Waals surface area contributed by atoms with E-state index < -0.39 is 53.4 Å². The molecule has 6 rings (SSSR count). The number of anilines is 1. The molecule has 2 aromatic carbocycles. The monoisotopic (exact) mass is 619 g/mol. The van der Waals surface area contributed by atoms with E-state index >= 15 is 0 Å². The lowest BCUT2D eigenvalue weighted by atomic mass is 9.77. The fourth-order valence-corrected chi connectivity index (χ4v) is 7.04. The lowest BCUT2D eigenvalue weighted by molar-refractivity contribution is -0.146. The molecule has 4 aliphatic heterocycles. The number of allylic oxidation sites excluding steroid dienone is 1. The van der Waals surface area contributed by atoms with Crippen molar-refractivity contribution >= 4 is 41.0 Å². The van der Waals surface area contributed by atoms with E-state index in [2.05, 4.69) is 5.32 Å². The van der Waals surface area contributed by atoms with Gasteiger partial charge >= 0.3 is 5.97 Å². The number of esters is 1. The van der Waals surface area contributed by atoms with Crippen LogP contribution in [0.2, 0.25) is 5.02 Å². The summed E-state index contributed by atoms with van der Waals surface area (Å²) in [6, 6.07) is 14.4. The highest BCUT2D eigenvalue weighted by Gasteiger charge is 2.71. The molecule has 4 aliphatic rings. The van der Waals surface area contributed by atoms with Crippen LogP contribution < -0.4 is 10.2 Å². The minimum Gasteiger partial charge on any atom is -0.463 e. The Morgan fingerprint density at radius 2 is 1.77 bits per heavy atom. The van der Waals surface area contributed by atoms with Gasteiger partial charge in [0.1, 0.15) is 18.2 Å². The van der Waals surface area contributed by atoms with E-state index in [-0.39, 0.29) is 45.1 Å². The summed E-state index contributed by atoms with van der Waals surface area (Å²) in [7, 11) is 0. The first kappa shape index (κ1) is 30.1. The van der Waals surface area contributed by atoms with Crippen LogP contribution in [0.5, 0.6) is 0 Å². The second kappa shape index (κ2) is 12.6. The van der Waals surface area contributed by atoms with Gasteiger partial charge in [0.2, 0.25) is 11.8 Å². The molecular formula is C33H34ClN3O7. The molecule has 230 valence electrons. The van der Waals surface area contributed by atoms with E-state index in [1.807, 2.05) is 30.3 Å². The number of para-hydroxylation sites is 1. The Balaban J connectivity index is 1.43. The number of cyclic esters (lactones) is 1. The molecule has 3 amide bonds. The molecule has 0 aliphatic carbocycles. The number of rotatable bonds is 5. The van der Waals surface area contributed by atoms with Gasteiger partial charge in [0.05, 0.1) is 34.7 Å². The van der Waals surface area contributed by atoms with E-state index in [4.69, 9.17) is 21.1 Å². The van der Waals surface area contributed by atoms with Gasteiger partial charge in [0, 0.05) is 26.1 Å². The molecule has 10 nitrogen and oxygen atoms in total. The smallest absolute Gasteiger partial charge is 0.306 e. The number of aliphatic hydroxyl groups excluding tert-OH is 1. The van der Waals surface area contributed by atoms with Crippen LogP contribution >= 0.6 is 11.6 Å². The molecule has 0 radical (unpaired) electrons. The summed E-state index contributed by atoms with van der Waals surface area (Å²) in [5, 5.41) is 13.1. The van der Waals surface area contributed by atoms with Crippen LogP contribution in [0.3, 0.4) is 0 Å². The van der Waals surface area contributed by atoms with E-state index in [0.717, 1.165) is 5.56 Å². The summed E-state index contributed by atoms with van der Waals surface area (Å²) < 4.78 is 12.2. The zero-order valence-electron chi connectivity index (χ0n) is 24.0.